The summed E-state index contributed by atoms with van der Waals surface area (Å²) in [6.45, 7) is 1.98. The van der Waals surface area contributed by atoms with E-state index in [0.717, 1.165) is 5.56 Å². The number of likely N-dealkylation sites (N-methyl/N-ethyl adjacent to an activating group) is 1. The van der Waals surface area contributed by atoms with Crippen molar-refractivity contribution in [2.45, 2.75) is 19.6 Å². The minimum atomic E-state index is -0.924. The Morgan fingerprint density at radius 1 is 1.04 bits per heavy atom. The highest BCUT2D eigenvalue weighted by molar-refractivity contribution is 5.95. The van der Waals surface area contributed by atoms with Crippen LogP contribution in [0.3, 0.4) is 0 Å². The number of carbonyl (C=O) groups excluding carboxylic acids is 2. The number of hydrogen-bond donors (Lipinski definition) is 0. The van der Waals surface area contributed by atoms with Crippen LogP contribution in [0.4, 0.5) is 0 Å². The molecule has 138 valence electrons. The third-order valence-corrected chi connectivity index (χ3v) is 3.90. The van der Waals surface area contributed by atoms with Crippen LogP contribution in [0.1, 0.15) is 22.8 Å². The van der Waals surface area contributed by atoms with E-state index in [1.165, 1.54) is 25.2 Å². The summed E-state index contributed by atoms with van der Waals surface area (Å²) in [5.41, 5.74) is 1.20. The molecule has 0 aromatic heterocycles. The minimum absolute atomic E-state index is 0.206. The van der Waals surface area contributed by atoms with Crippen LogP contribution in [0, 0.1) is 0 Å². The van der Waals surface area contributed by atoms with Gasteiger partial charge in [-0.05, 0) is 30.7 Å². The van der Waals surface area contributed by atoms with Gasteiger partial charge in [-0.3, -0.25) is 4.79 Å². The second kappa shape index (κ2) is 8.89. The molecule has 0 saturated heterocycles. The van der Waals surface area contributed by atoms with E-state index in [0.29, 0.717) is 18.0 Å². The molecule has 0 heterocycles. The zero-order chi connectivity index (χ0) is 19.1. The first kappa shape index (κ1) is 19.3. The van der Waals surface area contributed by atoms with Crippen LogP contribution >= 0.6 is 0 Å². The van der Waals surface area contributed by atoms with Gasteiger partial charge in [0.2, 0.25) is 0 Å². The van der Waals surface area contributed by atoms with Crippen molar-refractivity contribution in [3.8, 4) is 11.5 Å². The second-order valence-electron chi connectivity index (χ2n) is 5.79. The number of rotatable bonds is 7. The minimum Gasteiger partial charge on any atom is -0.497 e. The molecule has 0 aliphatic carbocycles. The van der Waals surface area contributed by atoms with Gasteiger partial charge in [0.05, 0.1) is 14.2 Å². The van der Waals surface area contributed by atoms with Crippen LogP contribution in [-0.2, 0) is 16.1 Å². The molecule has 1 atom stereocenters. The maximum atomic E-state index is 12.5. The lowest BCUT2D eigenvalue weighted by molar-refractivity contribution is -0.139. The molecule has 0 bridgehead atoms. The summed E-state index contributed by atoms with van der Waals surface area (Å²) in [6, 6.07) is 14.4. The van der Waals surface area contributed by atoms with Gasteiger partial charge < -0.3 is 19.1 Å². The molecule has 1 amide bonds. The molecule has 0 fully saturated rings. The molecule has 2 aromatic rings. The van der Waals surface area contributed by atoms with Crippen LogP contribution in [-0.4, -0.2) is 44.1 Å². The summed E-state index contributed by atoms with van der Waals surface area (Å²) in [7, 11) is 4.63. The lowest BCUT2D eigenvalue weighted by atomic mass is 10.2. The predicted octanol–water partition coefficient (Wildman–Crippen LogP) is 2.91. The number of benzene rings is 2. The van der Waals surface area contributed by atoms with E-state index in [4.69, 9.17) is 14.2 Å². The molecule has 2 aromatic carbocycles. The van der Waals surface area contributed by atoms with Crippen molar-refractivity contribution < 1.29 is 23.8 Å². The molecule has 26 heavy (non-hydrogen) atoms. The van der Waals surface area contributed by atoms with Gasteiger partial charge in [-0.2, -0.15) is 0 Å². The Balaban J connectivity index is 2.05. The standard InChI is InChI=1S/C20H23NO5/c1-14(19(22)21(2)13-15-8-6-5-7-9-15)26-20(23)17-12-16(24-3)10-11-18(17)25-4/h5-12,14H,13H2,1-4H3. The van der Waals surface area contributed by atoms with Crippen molar-refractivity contribution in [2.75, 3.05) is 21.3 Å². The third kappa shape index (κ3) is 4.75. The van der Waals surface area contributed by atoms with E-state index in [-0.39, 0.29) is 11.5 Å². The van der Waals surface area contributed by atoms with Crippen LogP contribution in [0.2, 0.25) is 0 Å². The Morgan fingerprint density at radius 2 is 1.73 bits per heavy atom. The van der Waals surface area contributed by atoms with Gasteiger partial charge in [0.15, 0.2) is 6.10 Å². The number of esters is 1. The van der Waals surface area contributed by atoms with Crippen LogP contribution < -0.4 is 9.47 Å². The zero-order valence-electron chi connectivity index (χ0n) is 15.4. The zero-order valence-corrected chi connectivity index (χ0v) is 15.4. The number of carbonyl (C=O) groups is 2. The highest BCUT2D eigenvalue weighted by atomic mass is 16.5. The fourth-order valence-electron chi connectivity index (χ4n) is 2.49. The van der Waals surface area contributed by atoms with Gasteiger partial charge in [0.25, 0.3) is 5.91 Å². The molecule has 0 radical (unpaired) electrons. The topological polar surface area (TPSA) is 65.1 Å². The first-order chi connectivity index (χ1) is 12.5. The van der Waals surface area contributed by atoms with Crippen molar-refractivity contribution in [1.82, 2.24) is 4.90 Å². The van der Waals surface area contributed by atoms with Crippen LogP contribution in [0.25, 0.3) is 0 Å². The quantitative estimate of drug-likeness (QED) is 0.713. The number of methoxy groups -OCH3 is 2. The largest absolute Gasteiger partial charge is 0.497 e. The molecule has 0 N–H and O–H groups in total. The molecule has 6 nitrogen and oxygen atoms in total. The summed E-state index contributed by atoms with van der Waals surface area (Å²) in [4.78, 5) is 26.5. The SMILES string of the molecule is COc1ccc(OC)c(C(=O)OC(C)C(=O)N(C)Cc2ccccc2)c1. The Morgan fingerprint density at radius 3 is 2.35 bits per heavy atom. The van der Waals surface area contributed by atoms with Gasteiger partial charge in [0.1, 0.15) is 17.1 Å². The highest BCUT2D eigenvalue weighted by Crippen LogP contribution is 2.25. The van der Waals surface area contributed by atoms with Crippen molar-refractivity contribution >= 4 is 11.9 Å². The Kier molecular flexibility index (Phi) is 6.60. The molecule has 1 unspecified atom stereocenters. The molecule has 0 aliphatic heterocycles. The number of nitrogens with zero attached hydrogens (tertiary/aromatic N) is 1. The van der Waals surface area contributed by atoms with E-state index in [9.17, 15) is 9.59 Å². The summed E-state index contributed by atoms with van der Waals surface area (Å²) < 4.78 is 15.6. The smallest absolute Gasteiger partial charge is 0.342 e. The molecule has 0 aliphatic rings. The van der Waals surface area contributed by atoms with E-state index >= 15 is 0 Å². The fraction of sp³-hybridized carbons (Fsp3) is 0.300. The molecule has 2 rings (SSSR count). The van der Waals surface area contributed by atoms with Gasteiger partial charge in [0, 0.05) is 13.6 Å². The predicted molar refractivity (Wildman–Crippen MR) is 97.3 cm³/mol. The van der Waals surface area contributed by atoms with Crippen molar-refractivity contribution in [3.63, 3.8) is 0 Å². The third-order valence-electron chi connectivity index (χ3n) is 3.90. The fourth-order valence-corrected chi connectivity index (χ4v) is 2.49. The number of hydrogen-bond acceptors (Lipinski definition) is 5. The van der Waals surface area contributed by atoms with Crippen molar-refractivity contribution in [3.05, 3.63) is 59.7 Å². The second-order valence-corrected chi connectivity index (χ2v) is 5.79. The van der Waals surface area contributed by atoms with Gasteiger partial charge in [-0.15, -0.1) is 0 Å². The van der Waals surface area contributed by atoms with Gasteiger partial charge >= 0.3 is 5.97 Å². The summed E-state index contributed by atoms with van der Waals surface area (Å²) >= 11 is 0. The summed E-state index contributed by atoms with van der Waals surface area (Å²) in [5, 5.41) is 0. The summed E-state index contributed by atoms with van der Waals surface area (Å²) in [6.07, 6.45) is -0.924. The maximum Gasteiger partial charge on any atom is 0.342 e. The monoisotopic (exact) mass is 357 g/mol. The lowest BCUT2D eigenvalue weighted by Gasteiger charge is -2.22. The van der Waals surface area contributed by atoms with E-state index < -0.39 is 12.1 Å². The Bertz CT molecular complexity index is 760. The van der Waals surface area contributed by atoms with Crippen molar-refractivity contribution in [1.29, 1.82) is 0 Å². The van der Waals surface area contributed by atoms with E-state index in [2.05, 4.69) is 0 Å². The van der Waals surface area contributed by atoms with Gasteiger partial charge in [-0.25, -0.2) is 4.79 Å². The van der Waals surface area contributed by atoms with Crippen LogP contribution in [0.15, 0.2) is 48.5 Å². The lowest BCUT2D eigenvalue weighted by Crippen LogP contribution is -2.37. The van der Waals surface area contributed by atoms with Gasteiger partial charge in [-0.1, -0.05) is 30.3 Å². The van der Waals surface area contributed by atoms with Crippen molar-refractivity contribution in [2.24, 2.45) is 0 Å². The highest BCUT2D eigenvalue weighted by Gasteiger charge is 2.24. The Labute approximate surface area is 153 Å². The molecular weight excluding hydrogens is 334 g/mol. The average molecular weight is 357 g/mol. The molecule has 6 heteroatoms. The Hall–Kier alpha value is -3.02. The number of amides is 1. The van der Waals surface area contributed by atoms with Crippen LogP contribution in [0.5, 0.6) is 11.5 Å². The number of ether oxygens (including phenoxy) is 3. The molecule has 0 spiro atoms. The first-order valence-corrected chi connectivity index (χ1v) is 8.18. The maximum absolute atomic E-state index is 12.5. The average Bonchev–Trinajstić information content (AvgIpc) is 2.67. The molecular formula is C20H23NO5. The first-order valence-electron chi connectivity index (χ1n) is 8.18. The van der Waals surface area contributed by atoms with E-state index in [1.54, 1.807) is 26.1 Å². The van der Waals surface area contributed by atoms with E-state index in [1.807, 2.05) is 30.3 Å². The summed E-state index contributed by atoms with van der Waals surface area (Å²) in [5.74, 6) is -0.0789. The molecule has 0 saturated carbocycles. The normalized spacial score (nSPS) is 11.4.